The molecule has 0 bridgehead atoms. The van der Waals surface area contributed by atoms with Crippen LogP contribution in [0.25, 0.3) is 0 Å². The topological polar surface area (TPSA) is 120 Å². The molecule has 27 heavy (non-hydrogen) atoms. The summed E-state index contributed by atoms with van der Waals surface area (Å²) in [5, 5.41) is 4.18. The van der Waals surface area contributed by atoms with E-state index in [0.717, 1.165) is 0 Å². The van der Waals surface area contributed by atoms with Gasteiger partial charge in [0, 0.05) is 43.1 Å². The zero-order chi connectivity index (χ0) is 20.7. The molecule has 0 aromatic carbocycles. The highest BCUT2D eigenvalue weighted by atomic mass is 32.2. The maximum atomic E-state index is 12.4. The van der Waals surface area contributed by atoms with Crippen LogP contribution in [0.2, 0.25) is 0 Å². The molecular formula is C17H28N2O7S. The smallest absolute Gasteiger partial charge is 0.374 e. The number of hydrogen-bond acceptors (Lipinski definition) is 8. The fourth-order valence-electron chi connectivity index (χ4n) is 2.29. The van der Waals surface area contributed by atoms with E-state index in [1.54, 1.807) is 13.8 Å². The summed E-state index contributed by atoms with van der Waals surface area (Å²) < 4.78 is 15.7. The summed E-state index contributed by atoms with van der Waals surface area (Å²) in [6, 6.07) is 0. The lowest BCUT2D eigenvalue weighted by atomic mass is 9.85. The SMILES string of the molecule is COC(=O)SC(=O)CCNC(=O)CCNC(=O)C1OC(C)(C)OCC1(C)C. The second-order valence-corrected chi connectivity index (χ2v) is 8.24. The Morgan fingerprint density at radius 3 is 2.33 bits per heavy atom. The van der Waals surface area contributed by atoms with Crippen molar-refractivity contribution in [3.63, 3.8) is 0 Å². The first-order valence-electron chi connectivity index (χ1n) is 8.61. The maximum absolute atomic E-state index is 12.4. The number of carbonyl (C=O) groups is 4. The van der Waals surface area contributed by atoms with Gasteiger partial charge in [0.15, 0.2) is 5.79 Å². The van der Waals surface area contributed by atoms with Crippen LogP contribution in [0, 0.1) is 5.41 Å². The predicted octanol–water partition coefficient (Wildman–Crippen LogP) is 1.20. The van der Waals surface area contributed by atoms with Gasteiger partial charge in [0.2, 0.25) is 16.9 Å². The van der Waals surface area contributed by atoms with Crippen molar-refractivity contribution >= 4 is 34.0 Å². The number of carbonyl (C=O) groups excluding carboxylic acids is 4. The van der Waals surface area contributed by atoms with E-state index in [1.807, 2.05) is 13.8 Å². The third kappa shape index (κ3) is 8.27. The van der Waals surface area contributed by atoms with Gasteiger partial charge in [-0.15, -0.1) is 0 Å². The van der Waals surface area contributed by atoms with E-state index >= 15 is 0 Å². The minimum Gasteiger partial charge on any atom is -0.461 e. The molecule has 1 saturated heterocycles. The van der Waals surface area contributed by atoms with Gasteiger partial charge in [-0.2, -0.15) is 0 Å². The standard InChI is InChI=1S/C17H28N2O7S/c1-16(2)10-25-17(3,4)26-13(16)14(22)19-8-6-11(20)18-9-7-12(21)27-15(23)24-5/h13H,6-10H2,1-5H3,(H,18,20)(H,19,22). The van der Waals surface area contributed by atoms with Gasteiger partial charge in [0.25, 0.3) is 0 Å². The molecule has 0 spiro atoms. The predicted molar refractivity (Wildman–Crippen MR) is 98.9 cm³/mol. The molecule has 10 heteroatoms. The summed E-state index contributed by atoms with van der Waals surface area (Å²) in [6.07, 6.45) is -0.606. The van der Waals surface area contributed by atoms with Gasteiger partial charge in [-0.1, -0.05) is 13.8 Å². The van der Waals surface area contributed by atoms with E-state index in [4.69, 9.17) is 9.47 Å². The Kier molecular flexibility index (Phi) is 8.70. The van der Waals surface area contributed by atoms with Crippen molar-refractivity contribution < 1.29 is 33.4 Å². The van der Waals surface area contributed by atoms with Gasteiger partial charge < -0.3 is 24.8 Å². The molecule has 0 aromatic rings. The quantitative estimate of drug-likeness (QED) is 0.608. The maximum Gasteiger partial charge on any atom is 0.374 e. The number of ether oxygens (including phenoxy) is 3. The number of hydrogen-bond donors (Lipinski definition) is 2. The zero-order valence-electron chi connectivity index (χ0n) is 16.4. The molecule has 0 saturated carbocycles. The molecule has 9 nitrogen and oxygen atoms in total. The van der Waals surface area contributed by atoms with E-state index in [1.165, 1.54) is 7.11 Å². The molecule has 1 aliphatic rings. The molecule has 1 heterocycles. The molecule has 0 aromatic heterocycles. The molecule has 1 rings (SSSR count). The third-order valence-corrected chi connectivity index (χ3v) is 4.57. The van der Waals surface area contributed by atoms with E-state index in [9.17, 15) is 19.2 Å². The lowest BCUT2D eigenvalue weighted by Gasteiger charge is -2.44. The third-order valence-electron chi connectivity index (χ3n) is 3.81. The van der Waals surface area contributed by atoms with E-state index in [-0.39, 0.29) is 37.7 Å². The first-order valence-corrected chi connectivity index (χ1v) is 9.43. The first kappa shape index (κ1) is 23.4. The number of nitrogens with one attached hydrogen (secondary N) is 2. The van der Waals surface area contributed by atoms with Crippen LogP contribution in [0.1, 0.15) is 40.5 Å². The number of methoxy groups -OCH3 is 1. The van der Waals surface area contributed by atoms with Crippen molar-refractivity contribution in [2.24, 2.45) is 5.41 Å². The van der Waals surface area contributed by atoms with Gasteiger partial charge in [-0.25, -0.2) is 4.79 Å². The lowest BCUT2D eigenvalue weighted by Crippen LogP contribution is -2.56. The summed E-state index contributed by atoms with van der Waals surface area (Å²) in [7, 11) is 1.19. The molecule has 2 N–H and O–H groups in total. The number of rotatable bonds is 7. The zero-order valence-corrected chi connectivity index (χ0v) is 17.2. The molecular weight excluding hydrogens is 376 g/mol. The van der Waals surface area contributed by atoms with Gasteiger partial charge in [-0.05, 0) is 13.8 Å². The monoisotopic (exact) mass is 404 g/mol. The van der Waals surface area contributed by atoms with Crippen molar-refractivity contribution in [3.05, 3.63) is 0 Å². The summed E-state index contributed by atoms with van der Waals surface area (Å²) >= 11 is 0.456. The number of amides is 2. The van der Waals surface area contributed by atoms with Crippen molar-refractivity contribution in [2.75, 3.05) is 26.8 Å². The largest absolute Gasteiger partial charge is 0.461 e. The van der Waals surface area contributed by atoms with Crippen LogP contribution in [-0.2, 0) is 28.6 Å². The molecule has 1 aliphatic heterocycles. The van der Waals surface area contributed by atoms with Gasteiger partial charge in [0.05, 0.1) is 13.7 Å². The van der Waals surface area contributed by atoms with Crippen LogP contribution in [0.15, 0.2) is 0 Å². The van der Waals surface area contributed by atoms with E-state index in [2.05, 4.69) is 15.4 Å². The first-order chi connectivity index (χ1) is 12.5. The van der Waals surface area contributed by atoms with Crippen LogP contribution in [0.3, 0.4) is 0 Å². The second kappa shape index (κ2) is 10.0. The fourth-order valence-corrected chi connectivity index (χ4v) is 2.76. The molecule has 2 amide bonds. The highest BCUT2D eigenvalue weighted by Gasteiger charge is 2.45. The average molecular weight is 404 g/mol. The van der Waals surface area contributed by atoms with Gasteiger partial charge in [0.1, 0.15) is 6.10 Å². The fraction of sp³-hybridized carbons (Fsp3) is 0.765. The van der Waals surface area contributed by atoms with Crippen molar-refractivity contribution in [1.82, 2.24) is 10.6 Å². The minimum absolute atomic E-state index is 0.0110. The molecule has 154 valence electrons. The Balaban J connectivity index is 2.29. The van der Waals surface area contributed by atoms with Gasteiger partial charge >= 0.3 is 5.30 Å². The van der Waals surface area contributed by atoms with E-state index < -0.39 is 27.7 Å². The summed E-state index contributed by atoms with van der Waals surface area (Å²) in [5.74, 6) is -1.45. The molecule has 1 unspecified atom stereocenters. The van der Waals surface area contributed by atoms with Gasteiger partial charge in [-0.3, -0.25) is 14.4 Å². The Hall–Kier alpha value is -1.65. The molecule has 0 aliphatic carbocycles. The number of thioether (sulfide) groups is 1. The second-order valence-electron chi connectivity index (χ2n) is 7.24. The Bertz CT molecular complexity index is 578. The van der Waals surface area contributed by atoms with Crippen LogP contribution in [0.4, 0.5) is 4.79 Å². The van der Waals surface area contributed by atoms with Crippen molar-refractivity contribution in [3.8, 4) is 0 Å². The Morgan fingerprint density at radius 1 is 1.07 bits per heavy atom. The van der Waals surface area contributed by atoms with Crippen molar-refractivity contribution in [2.45, 2.75) is 52.4 Å². The summed E-state index contributed by atoms with van der Waals surface area (Å²) in [6.45, 7) is 7.89. The van der Waals surface area contributed by atoms with Crippen LogP contribution >= 0.6 is 11.8 Å². The highest BCUT2D eigenvalue weighted by molar-refractivity contribution is 8.25. The Morgan fingerprint density at radius 2 is 1.70 bits per heavy atom. The molecule has 1 fully saturated rings. The van der Waals surface area contributed by atoms with Crippen LogP contribution < -0.4 is 10.6 Å². The van der Waals surface area contributed by atoms with Crippen LogP contribution in [0.5, 0.6) is 0 Å². The minimum atomic E-state index is -0.844. The normalized spacial score (nSPS) is 20.4. The van der Waals surface area contributed by atoms with E-state index in [0.29, 0.717) is 18.4 Å². The average Bonchev–Trinajstić information content (AvgIpc) is 2.57. The lowest BCUT2D eigenvalue weighted by molar-refractivity contribution is -0.304. The summed E-state index contributed by atoms with van der Waals surface area (Å²) in [5.41, 5.74) is -0.487. The van der Waals surface area contributed by atoms with Crippen molar-refractivity contribution in [1.29, 1.82) is 0 Å². The highest BCUT2D eigenvalue weighted by Crippen LogP contribution is 2.34. The Labute approximate surface area is 163 Å². The van der Waals surface area contributed by atoms with Crippen LogP contribution in [-0.4, -0.2) is 60.9 Å². The molecule has 1 atom stereocenters. The molecule has 0 radical (unpaired) electrons. The summed E-state index contributed by atoms with van der Waals surface area (Å²) in [4.78, 5) is 46.5.